The molecule has 2 N–H and O–H groups in total. The molecule has 0 aromatic heterocycles. The van der Waals surface area contributed by atoms with Gasteiger partial charge in [0.05, 0.1) is 6.26 Å². The summed E-state index contributed by atoms with van der Waals surface area (Å²) >= 11 is 0. The third-order valence-electron chi connectivity index (χ3n) is 4.48. The molecule has 3 aliphatic heterocycles. The summed E-state index contributed by atoms with van der Waals surface area (Å²) in [5.41, 5.74) is 0. The fourth-order valence-corrected chi connectivity index (χ4v) is 5.18. The Morgan fingerprint density at radius 2 is 1.90 bits per heavy atom. The predicted molar refractivity (Wildman–Crippen MR) is 75.2 cm³/mol. The second-order valence-corrected chi connectivity index (χ2v) is 7.87. The second kappa shape index (κ2) is 5.13. The molecule has 3 aliphatic rings. The number of hydrogen-bond acceptors (Lipinski definition) is 4. The van der Waals surface area contributed by atoms with Crippen molar-refractivity contribution in [3.8, 4) is 0 Å². The summed E-state index contributed by atoms with van der Waals surface area (Å²) in [6, 6.07) is -0.888. The lowest BCUT2D eigenvalue weighted by Gasteiger charge is -2.37. The standard InChI is InChI=1S/C12H20N4O4S/c1-21(19,20)16-9-2-3-10(16)7-8(6-9)14-12(18)15-5-4-13-11(15)17/h8-10H,2-7H2,1H3,(H,13,17)(H,14,18)/t9-,10-/m0/s1. The summed E-state index contributed by atoms with van der Waals surface area (Å²) in [7, 11) is -3.19. The molecular weight excluding hydrogens is 296 g/mol. The number of nitrogens with zero attached hydrogens (tertiary/aromatic N) is 2. The largest absolute Gasteiger partial charge is 0.336 e. The van der Waals surface area contributed by atoms with Gasteiger partial charge in [0.25, 0.3) is 0 Å². The number of carbonyl (C=O) groups is 2. The zero-order chi connectivity index (χ0) is 15.2. The van der Waals surface area contributed by atoms with E-state index in [0.29, 0.717) is 25.9 Å². The third kappa shape index (κ3) is 2.71. The Kier molecular flexibility index (Phi) is 3.56. The van der Waals surface area contributed by atoms with E-state index in [1.165, 1.54) is 6.26 Å². The molecule has 4 amide bonds. The van der Waals surface area contributed by atoms with E-state index in [0.717, 1.165) is 17.7 Å². The predicted octanol–water partition coefficient (Wildman–Crippen LogP) is -0.324. The van der Waals surface area contributed by atoms with Crippen molar-refractivity contribution < 1.29 is 18.0 Å². The molecule has 3 saturated heterocycles. The molecule has 3 rings (SSSR count). The van der Waals surface area contributed by atoms with Gasteiger partial charge < -0.3 is 10.6 Å². The van der Waals surface area contributed by atoms with Crippen molar-refractivity contribution in [1.82, 2.24) is 19.8 Å². The van der Waals surface area contributed by atoms with Crippen LogP contribution >= 0.6 is 0 Å². The molecule has 8 nitrogen and oxygen atoms in total. The molecule has 0 aromatic rings. The monoisotopic (exact) mass is 316 g/mol. The van der Waals surface area contributed by atoms with Gasteiger partial charge in [-0.2, -0.15) is 4.31 Å². The van der Waals surface area contributed by atoms with Crippen LogP contribution in [0.15, 0.2) is 0 Å². The van der Waals surface area contributed by atoms with Crippen molar-refractivity contribution in [2.75, 3.05) is 19.3 Å². The van der Waals surface area contributed by atoms with Gasteiger partial charge in [0.15, 0.2) is 0 Å². The Bertz CT molecular complexity index is 550. The molecule has 2 bridgehead atoms. The number of carbonyl (C=O) groups excluding carboxylic acids is 2. The number of piperidine rings is 1. The summed E-state index contributed by atoms with van der Waals surface area (Å²) in [5.74, 6) is 0. The first-order valence-electron chi connectivity index (χ1n) is 7.20. The minimum absolute atomic E-state index is 0.0311. The van der Waals surface area contributed by atoms with E-state index in [1.807, 2.05) is 0 Å². The van der Waals surface area contributed by atoms with Gasteiger partial charge in [0, 0.05) is 31.2 Å². The zero-order valence-electron chi connectivity index (χ0n) is 11.9. The maximum Gasteiger partial charge on any atom is 0.325 e. The maximum atomic E-state index is 12.1. The number of hydrogen-bond donors (Lipinski definition) is 2. The van der Waals surface area contributed by atoms with Crippen LogP contribution in [0.4, 0.5) is 9.59 Å². The first kappa shape index (κ1) is 14.6. The summed E-state index contributed by atoms with van der Waals surface area (Å²) in [4.78, 5) is 24.7. The molecule has 0 saturated carbocycles. The first-order chi connectivity index (χ1) is 9.86. The van der Waals surface area contributed by atoms with E-state index >= 15 is 0 Å². The highest BCUT2D eigenvalue weighted by molar-refractivity contribution is 7.88. The fourth-order valence-electron chi connectivity index (χ4n) is 3.71. The summed E-state index contributed by atoms with van der Waals surface area (Å²) in [5, 5.41) is 5.45. The Hall–Kier alpha value is -1.35. The lowest BCUT2D eigenvalue weighted by Crippen LogP contribution is -2.54. The number of imide groups is 1. The van der Waals surface area contributed by atoms with Crippen LogP contribution in [0.5, 0.6) is 0 Å². The number of amides is 4. The minimum Gasteiger partial charge on any atom is -0.336 e. The third-order valence-corrected chi connectivity index (χ3v) is 5.84. The molecule has 0 aromatic carbocycles. The quantitative estimate of drug-likeness (QED) is 0.729. The van der Waals surface area contributed by atoms with Crippen LogP contribution in [0.3, 0.4) is 0 Å². The van der Waals surface area contributed by atoms with Crippen molar-refractivity contribution >= 4 is 22.1 Å². The van der Waals surface area contributed by atoms with Crippen LogP contribution < -0.4 is 10.6 Å². The minimum atomic E-state index is -3.19. The number of fused-ring (bicyclic) bond motifs is 2. The van der Waals surface area contributed by atoms with Gasteiger partial charge in [0.2, 0.25) is 10.0 Å². The first-order valence-corrected chi connectivity index (χ1v) is 9.05. The van der Waals surface area contributed by atoms with Crippen molar-refractivity contribution in [3.63, 3.8) is 0 Å². The molecule has 21 heavy (non-hydrogen) atoms. The molecule has 2 atom stereocenters. The van der Waals surface area contributed by atoms with E-state index in [2.05, 4.69) is 10.6 Å². The van der Waals surface area contributed by atoms with Crippen LogP contribution in [-0.2, 0) is 10.0 Å². The van der Waals surface area contributed by atoms with Crippen LogP contribution in [0.1, 0.15) is 25.7 Å². The summed E-state index contributed by atoms with van der Waals surface area (Å²) in [6.07, 6.45) is 4.16. The van der Waals surface area contributed by atoms with Crippen molar-refractivity contribution in [2.24, 2.45) is 0 Å². The smallest absolute Gasteiger partial charge is 0.325 e. The van der Waals surface area contributed by atoms with Crippen LogP contribution in [0.25, 0.3) is 0 Å². The molecule has 0 radical (unpaired) electrons. The Labute approximate surface area is 123 Å². The van der Waals surface area contributed by atoms with E-state index in [9.17, 15) is 18.0 Å². The van der Waals surface area contributed by atoms with Gasteiger partial charge in [-0.1, -0.05) is 0 Å². The number of rotatable bonds is 2. The molecule has 3 fully saturated rings. The van der Waals surface area contributed by atoms with Gasteiger partial charge in [-0.3, -0.25) is 0 Å². The highest BCUT2D eigenvalue weighted by atomic mass is 32.2. The number of sulfonamides is 1. The number of nitrogens with one attached hydrogen (secondary N) is 2. The maximum absolute atomic E-state index is 12.1. The Morgan fingerprint density at radius 1 is 1.29 bits per heavy atom. The van der Waals surface area contributed by atoms with Crippen LogP contribution in [-0.4, -0.2) is 67.2 Å². The average Bonchev–Trinajstić information content (AvgIpc) is 2.91. The SMILES string of the molecule is CS(=O)(=O)N1[C@H]2CC[C@H]1CC(NC(=O)N1CCNC1=O)C2. The average molecular weight is 316 g/mol. The number of urea groups is 2. The van der Waals surface area contributed by atoms with Gasteiger partial charge >= 0.3 is 12.1 Å². The summed E-state index contributed by atoms with van der Waals surface area (Å²) in [6.45, 7) is 0.851. The lowest BCUT2D eigenvalue weighted by molar-refractivity contribution is 0.179. The van der Waals surface area contributed by atoms with Gasteiger partial charge in [0.1, 0.15) is 0 Å². The molecule has 0 aliphatic carbocycles. The van der Waals surface area contributed by atoms with Crippen molar-refractivity contribution in [3.05, 3.63) is 0 Å². The second-order valence-electron chi connectivity index (χ2n) is 5.98. The van der Waals surface area contributed by atoms with Crippen molar-refractivity contribution in [2.45, 2.75) is 43.8 Å². The van der Waals surface area contributed by atoms with Crippen molar-refractivity contribution in [1.29, 1.82) is 0 Å². The molecule has 9 heteroatoms. The van der Waals surface area contributed by atoms with E-state index in [1.54, 1.807) is 4.31 Å². The summed E-state index contributed by atoms with van der Waals surface area (Å²) < 4.78 is 25.2. The van der Waals surface area contributed by atoms with Gasteiger partial charge in [-0.25, -0.2) is 22.9 Å². The van der Waals surface area contributed by atoms with Gasteiger partial charge in [-0.15, -0.1) is 0 Å². The highest BCUT2D eigenvalue weighted by Crippen LogP contribution is 2.37. The van der Waals surface area contributed by atoms with Gasteiger partial charge in [-0.05, 0) is 25.7 Å². The molecule has 0 spiro atoms. The molecule has 3 heterocycles. The topological polar surface area (TPSA) is 98.8 Å². The normalized spacial score (nSPS) is 33.1. The molecular formula is C12H20N4O4S. The van der Waals surface area contributed by atoms with E-state index < -0.39 is 10.0 Å². The van der Waals surface area contributed by atoms with E-state index in [-0.39, 0.29) is 30.2 Å². The highest BCUT2D eigenvalue weighted by Gasteiger charge is 2.45. The van der Waals surface area contributed by atoms with E-state index in [4.69, 9.17) is 0 Å². The fraction of sp³-hybridized carbons (Fsp3) is 0.833. The Balaban J connectivity index is 1.63. The lowest BCUT2D eigenvalue weighted by atomic mass is 10.00. The van der Waals surface area contributed by atoms with Crippen LogP contribution in [0, 0.1) is 0 Å². The molecule has 0 unspecified atom stereocenters. The Morgan fingerprint density at radius 3 is 2.38 bits per heavy atom. The zero-order valence-corrected chi connectivity index (χ0v) is 12.7. The molecule has 118 valence electrons. The van der Waals surface area contributed by atoms with Crippen LogP contribution in [0.2, 0.25) is 0 Å².